The number of hydrogen-bond acceptors (Lipinski definition) is 3. The van der Waals surface area contributed by atoms with Gasteiger partial charge in [-0.25, -0.2) is 9.97 Å². The third-order valence-electron chi connectivity index (χ3n) is 7.49. The van der Waals surface area contributed by atoms with Gasteiger partial charge >= 0.3 is 0 Å². The number of hydrogen-bond donors (Lipinski definition) is 0. The molecule has 2 aromatic heterocycles. The number of benzene rings is 5. The van der Waals surface area contributed by atoms with Crippen LogP contribution in [0.4, 0.5) is 0 Å². The fourth-order valence-corrected chi connectivity index (χ4v) is 5.45. The summed E-state index contributed by atoms with van der Waals surface area (Å²) in [5.41, 5.74) is 11.7. The van der Waals surface area contributed by atoms with Crippen molar-refractivity contribution in [2.75, 3.05) is 0 Å². The van der Waals surface area contributed by atoms with Gasteiger partial charge in [0.05, 0.1) is 11.4 Å². The second-order valence-electron chi connectivity index (χ2n) is 10.3. The van der Waals surface area contributed by atoms with Gasteiger partial charge in [-0.3, -0.25) is 4.98 Å². The van der Waals surface area contributed by atoms with Gasteiger partial charge in [-0.05, 0) is 63.7 Å². The molecule has 2 heterocycles. The summed E-state index contributed by atoms with van der Waals surface area (Å²) in [5, 5.41) is 0. The molecular formula is C39H26BrN3. The van der Waals surface area contributed by atoms with E-state index in [1.807, 2.05) is 30.5 Å². The van der Waals surface area contributed by atoms with E-state index in [1.165, 1.54) is 11.1 Å². The molecule has 0 N–H and O–H groups in total. The van der Waals surface area contributed by atoms with Gasteiger partial charge in [0.2, 0.25) is 0 Å². The number of nitrogens with zero attached hydrogens (tertiary/aromatic N) is 3. The van der Waals surface area contributed by atoms with Crippen molar-refractivity contribution in [3.8, 4) is 67.3 Å². The molecule has 4 heteroatoms. The molecule has 5 aromatic carbocycles. The summed E-state index contributed by atoms with van der Waals surface area (Å²) in [6, 6.07) is 50.4. The van der Waals surface area contributed by atoms with Crippen molar-refractivity contribution >= 4 is 15.9 Å². The SMILES string of the molecule is Brc1ccc(-c2ccc(-c3cccc(-c4cc(-c5ccccc5)nc(-c5ccc(-c6cccnc6)cc5)n4)c3)cc2)cc1. The molecular weight excluding hydrogens is 590 g/mol. The molecule has 0 aliphatic carbocycles. The predicted molar refractivity (Wildman–Crippen MR) is 180 cm³/mol. The Balaban J connectivity index is 1.26. The lowest BCUT2D eigenvalue weighted by Gasteiger charge is -2.11. The van der Waals surface area contributed by atoms with Crippen LogP contribution in [0.3, 0.4) is 0 Å². The van der Waals surface area contributed by atoms with Gasteiger partial charge in [0.1, 0.15) is 0 Å². The third-order valence-corrected chi connectivity index (χ3v) is 8.02. The molecule has 0 unspecified atom stereocenters. The van der Waals surface area contributed by atoms with Crippen molar-refractivity contribution in [3.63, 3.8) is 0 Å². The molecule has 43 heavy (non-hydrogen) atoms. The summed E-state index contributed by atoms with van der Waals surface area (Å²) >= 11 is 3.52. The smallest absolute Gasteiger partial charge is 0.160 e. The Hall–Kier alpha value is -5.19. The molecule has 0 radical (unpaired) electrons. The number of pyridine rings is 1. The molecule has 0 saturated carbocycles. The molecule has 7 aromatic rings. The summed E-state index contributed by atoms with van der Waals surface area (Å²) < 4.78 is 1.08. The van der Waals surface area contributed by atoms with Gasteiger partial charge < -0.3 is 0 Å². The Morgan fingerprint density at radius 1 is 0.372 bits per heavy atom. The fourth-order valence-electron chi connectivity index (χ4n) is 5.18. The van der Waals surface area contributed by atoms with E-state index in [-0.39, 0.29) is 0 Å². The Kier molecular flexibility index (Phi) is 7.43. The van der Waals surface area contributed by atoms with Crippen LogP contribution in [0.1, 0.15) is 0 Å². The molecule has 204 valence electrons. The fraction of sp³-hybridized carbons (Fsp3) is 0. The van der Waals surface area contributed by atoms with Crippen LogP contribution in [0.25, 0.3) is 67.3 Å². The molecule has 0 aliphatic rings. The standard InChI is InChI=1S/C39H26BrN3/c40-36-21-19-28(20-22-36)27-11-13-29(14-12-27)33-8-4-9-34(24-33)38-25-37(31-6-2-1-3-7-31)42-39(43-38)32-17-15-30(16-18-32)35-10-5-23-41-26-35/h1-26H. The zero-order chi connectivity index (χ0) is 29.0. The third kappa shape index (κ3) is 5.92. The zero-order valence-electron chi connectivity index (χ0n) is 23.2. The van der Waals surface area contributed by atoms with Gasteiger partial charge in [0.25, 0.3) is 0 Å². The summed E-state index contributed by atoms with van der Waals surface area (Å²) in [4.78, 5) is 14.3. The van der Waals surface area contributed by atoms with Crippen molar-refractivity contribution in [2.24, 2.45) is 0 Å². The molecule has 7 rings (SSSR count). The van der Waals surface area contributed by atoms with E-state index in [9.17, 15) is 0 Å². The minimum absolute atomic E-state index is 0.693. The normalized spacial score (nSPS) is 10.9. The Bertz CT molecular complexity index is 1990. The van der Waals surface area contributed by atoms with Crippen LogP contribution < -0.4 is 0 Å². The first-order valence-corrected chi connectivity index (χ1v) is 14.9. The topological polar surface area (TPSA) is 38.7 Å². The molecule has 0 bridgehead atoms. The molecule has 0 atom stereocenters. The van der Waals surface area contributed by atoms with E-state index in [0.717, 1.165) is 54.8 Å². The van der Waals surface area contributed by atoms with Crippen molar-refractivity contribution in [1.29, 1.82) is 0 Å². The summed E-state index contributed by atoms with van der Waals surface area (Å²) in [6.07, 6.45) is 3.66. The van der Waals surface area contributed by atoms with E-state index in [0.29, 0.717) is 5.82 Å². The van der Waals surface area contributed by atoms with Crippen molar-refractivity contribution < 1.29 is 0 Å². The van der Waals surface area contributed by atoms with E-state index in [1.54, 1.807) is 6.20 Å². The Morgan fingerprint density at radius 2 is 0.884 bits per heavy atom. The number of aromatic nitrogens is 3. The summed E-state index contributed by atoms with van der Waals surface area (Å²) in [5.74, 6) is 0.693. The van der Waals surface area contributed by atoms with E-state index in [2.05, 4.69) is 142 Å². The molecule has 0 aliphatic heterocycles. The van der Waals surface area contributed by atoms with E-state index < -0.39 is 0 Å². The minimum atomic E-state index is 0.693. The quantitative estimate of drug-likeness (QED) is 0.187. The highest BCUT2D eigenvalue weighted by Gasteiger charge is 2.12. The van der Waals surface area contributed by atoms with Gasteiger partial charge in [0, 0.05) is 33.6 Å². The highest BCUT2D eigenvalue weighted by Crippen LogP contribution is 2.32. The summed E-state index contributed by atoms with van der Waals surface area (Å²) in [7, 11) is 0. The molecule has 0 amide bonds. The maximum absolute atomic E-state index is 5.07. The van der Waals surface area contributed by atoms with Gasteiger partial charge in [-0.1, -0.05) is 131 Å². The Morgan fingerprint density at radius 3 is 1.53 bits per heavy atom. The second-order valence-corrected chi connectivity index (χ2v) is 11.2. The minimum Gasteiger partial charge on any atom is -0.264 e. The van der Waals surface area contributed by atoms with Crippen LogP contribution in [0.5, 0.6) is 0 Å². The van der Waals surface area contributed by atoms with Crippen LogP contribution in [0, 0.1) is 0 Å². The van der Waals surface area contributed by atoms with Crippen LogP contribution in [0.15, 0.2) is 162 Å². The average Bonchev–Trinajstić information content (AvgIpc) is 3.09. The maximum atomic E-state index is 5.07. The largest absolute Gasteiger partial charge is 0.264 e. The highest BCUT2D eigenvalue weighted by molar-refractivity contribution is 9.10. The first-order valence-electron chi connectivity index (χ1n) is 14.1. The first kappa shape index (κ1) is 26.7. The lowest BCUT2D eigenvalue weighted by atomic mass is 9.98. The van der Waals surface area contributed by atoms with Crippen molar-refractivity contribution in [3.05, 3.63) is 162 Å². The molecule has 0 fully saturated rings. The van der Waals surface area contributed by atoms with Crippen LogP contribution in [-0.4, -0.2) is 15.0 Å². The zero-order valence-corrected chi connectivity index (χ0v) is 24.8. The molecule has 3 nitrogen and oxygen atoms in total. The van der Waals surface area contributed by atoms with Crippen LogP contribution in [0.2, 0.25) is 0 Å². The van der Waals surface area contributed by atoms with Crippen molar-refractivity contribution in [1.82, 2.24) is 15.0 Å². The first-order chi connectivity index (χ1) is 21.2. The lowest BCUT2D eigenvalue weighted by Crippen LogP contribution is -1.96. The highest BCUT2D eigenvalue weighted by atomic mass is 79.9. The van der Waals surface area contributed by atoms with Crippen LogP contribution >= 0.6 is 15.9 Å². The van der Waals surface area contributed by atoms with Crippen molar-refractivity contribution in [2.45, 2.75) is 0 Å². The van der Waals surface area contributed by atoms with Gasteiger partial charge in [-0.15, -0.1) is 0 Å². The molecule has 0 saturated heterocycles. The van der Waals surface area contributed by atoms with Gasteiger partial charge in [-0.2, -0.15) is 0 Å². The van der Waals surface area contributed by atoms with E-state index >= 15 is 0 Å². The lowest BCUT2D eigenvalue weighted by molar-refractivity contribution is 1.18. The maximum Gasteiger partial charge on any atom is 0.160 e. The molecule has 0 spiro atoms. The Labute approximate surface area is 259 Å². The summed E-state index contributed by atoms with van der Waals surface area (Å²) in [6.45, 7) is 0. The van der Waals surface area contributed by atoms with Gasteiger partial charge in [0.15, 0.2) is 5.82 Å². The predicted octanol–water partition coefficient (Wildman–Crippen LogP) is 10.6. The number of halogens is 1. The average molecular weight is 617 g/mol. The van der Waals surface area contributed by atoms with E-state index in [4.69, 9.17) is 9.97 Å². The van der Waals surface area contributed by atoms with Crippen LogP contribution in [-0.2, 0) is 0 Å². The number of rotatable bonds is 6. The monoisotopic (exact) mass is 615 g/mol. The second kappa shape index (κ2) is 12.0.